The van der Waals surface area contributed by atoms with Gasteiger partial charge in [-0.3, -0.25) is 10.3 Å². The third-order valence-electron chi connectivity index (χ3n) is 3.22. The van der Waals surface area contributed by atoms with Gasteiger partial charge in [-0.05, 0) is 11.6 Å². The molecule has 19 heavy (non-hydrogen) atoms. The van der Waals surface area contributed by atoms with Crippen molar-refractivity contribution >= 4 is 11.6 Å². The van der Waals surface area contributed by atoms with E-state index >= 15 is 0 Å². The summed E-state index contributed by atoms with van der Waals surface area (Å²) in [4.78, 5) is 4.13. The third-order valence-corrected chi connectivity index (χ3v) is 3.22. The number of rotatable bonds is 3. The minimum absolute atomic E-state index is 0.398. The maximum absolute atomic E-state index is 7.88. The van der Waals surface area contributed by atoms with Crippen LogP contribution in [0.25, 0.3) is 0 Å². The molecular formula is C14H22N4O. The van der Waals surface area contributed by atoms with Gasteiger partial charge in [-0.15, -0.1) is 0 Å². The molecule has 0 bridgehead atoms. The van der Waals surface area contributed by atoms with Gasteiger partial charge in [0.05, 0.1) is 13.2 Å². The van der Waals surface area contributed by atoms with Crippen molar-refractivity contribution in [2.24, 2.45) is 0 Å². The Morgan fingerprint density at radius 3 is 2.68 bits per heavy atom. The number of hydrogen-bond donors (Lipinski definition) is 2. The molecule has 1 saturated heterocycles. The summed E-state index contributed by atoms with van der Waals surface area (Å²) in [5.74, 6) is 0.398. The molecule has 1 aromatic rings. The Morgan fingerprint density at radius 2 is 2.00 bits per heavy atom. The first-order valence-corrected chi connectivity index (χ1v) is 6.57. The number of benzene rings is 1. The third kappa shape index (κ3) is 3.94. The zero-order chi connectivity index (χ0) is 13.7. The second-order valence-electron chi connectivity index (χ2n) is 4.91. The van der Waals surface area contributed by atoms with Crippen LogP contribution in [0.3, 0.4) is 0 Å². The van der Waals surface area contributed by atoms with Crippen LogP contribution in [-0.2, 0) is 11.3 Å². The summed E-state index contributed by atoms with van der Waals surface area (Å²) in [5, 5.41) is 11.0. The molecule has 0 saturated carbocycles. The molecule has 104 valence electrons. The van der Waals surface area contributed by atoms with Gasteiger partial charge in [-0.1, -0.05) is 18.2 Å². The summed E-state index contributed by atoms with van der Waals surface area (Å²) in [6, 6.07) is 8.17. The fourth-order valence-corrected chi connectivity index (χ4v) is 2.02. The molecule has 0 amide bonds. The predicted molar refractivity (Wildman–Crippen MR) is 77.6 cm³/mol. The van der Waals surface area contributed by atoms with E-state index in [9.17, 15) is 0 Å². The molecule has 5 nitrogen and oxygen atoms in total. The maximum Gasteiger partial charge on any atom is 0.195 e. The van der Waals surface area contributed by atoms with Gasteiger partial charge in [0.1, 0.15) is 0 Å². The predicted octanol–water partition coefficient (Wildman–Crippen LogP) is 1.43. The lowest BCUT2D eigenvalue weighted by Crippen LogP contribution is -2.36. The van der Waals surface area contributed by atoms with E-state index in [0.29, 0.717) is 5.96 Å². The molecule has 5 heteroatoms. The van der Waals surface area contributed by atoms with Crippen molar-refractivity contribution in [1.29, 1.82) is 5.41 Å². The molecule has 1 aromatic carbocycles. The van der Waals surface area contributed by atoms with Gasteiger partial charge in [0.25, 0.3) is 0 Å². The van der Waals surface area contributed by atoms with Gasteiger partial charge in [-0.25, -0.2) is 0 Å². The van der Waals surface area contributed by atoms with Crippen molar-refractivity contribution in [3.05, 3.63) is 29.8 Å². The first-order chi connectivity index (χ1) is 9.16. The van der Waals surface area contributed by atoms with Crippen LogP contribution in [0.4, 0.5) is 5.69 Å². The highest BCUT2D eigenvalue weighted by Gasteiger charge is 2.13. The minimum Gasteiger partial charge on any atom is -0.379 e. The van der Waals surface area contributed by atoms with E-state index in [-0.39, 0.29) is 0 Å². The van der Waals surface area contributed by atoms with Gasteiger partial charge in [0.15, 0.2) is 5.96 Å². The lowest BCUT2D eigenvalue weighted by Gasteiger charge is -2.27. The maximum atomic E-state index is 7.88. The van der Waals surface area contributed by atoms with E-state index in [4.69, 9.17) is 10.1 Å². The summed E-state index contributed by atoms with van der Waals surface area (Å²) >= 11 is 0. The van der Waals surface area contributed by atoms with Crippen LogP contribution in [0.5, 0.6) is 0 Å². The highest BCUT2D eigenvalue weighted by molar-refractivity contribution is 5.91. The standard InChI is InChI=1S/C14H22N4O/c1-17(2)14(15)16-13-6-4-3-5-12(13)11-18-7-9-19-10-8-18/h3-6H,7-11H2,1-2H3,(H2,15,16). The molecule has 1 heterocycles. The topological polar surface area (TPSA) is 51.6 Å². The number of anilines is 1. The average Bonchev–Trinajstić information content (AvgIpc) is 2.42. The van der Waals surface area contributed by atoms with E-state index in [1.165, 1.54) is 5.56 Å². The normalized spacial score (nSPS) is 16.1. The Bertz CT molecular complexity index is 427. The number of para-hydroxylation sites is 1. The molecule has 0 aliphatic carbocycles. The molecular weight excluding hydrogens is 240 g/mol. The van der Waals surface area contributed by atoms with Gasteiger partial charge < -0.3 is 15.0 Å². The van der Waals surface area contributed by atoms with E-state index in [0.717, 1.165) is 38.5 Å². The SMILES string of the molecule is CN(C)C(=N)Nc1ccccc1CN1CCOCC1. The summed E-state index contributed by atoms with van der Waals surface area (Å²) in [7, 11) is 3.72. The monoisotopic (exact) mass is 262 g/mol. The largest absolute Gasteiger partial charge is 0.379 e. The quantitative estimate of drug-likeness (QED) is 0.639. The smallest absolute Gasteiger partial charge is 0.195 e. The molecule has 2 N–H and O–H groups in total. The second kappa shape index (κ2) is 6.54. The Morgan fingerprint density at radius 1 is 1.32 bits per heavy atom. The van der Waals surface area contributed by atoms with Gasteiger partial charge in [0.2, 0.25) is 0 Å². The Labute approximate surface area is 114 Å². The molecule has 1 fully saturated rings. The van der Waals surface area contributed by atoms with Gasteiger partial charge >= 0.3 is 0 Å². The molecule has 0 radical (unpaired) electrons. The zero-order valence-electron chi connectivity index (χ0n) is 11.6. The van der Waals surface area contributed by atoms with Crippen LogP contribution in [-0.4, -0.2) is 56.2 Å². The number of ether oxygens (including phenoxy) is 1. The Balaban J connectivity index is 2.05. The molecule has 2 rings (SSSR count). The summed E-state index contributed by atoms with van der Waals surface area (Å²) < 4.78 is 5.37. The second-order valence-corrected chi connectivity index (χ2v) is 4.91. The lowest BCUT2D eigenvalue weighted by atomic mass is 10.1. The molecule has 0 atom stereocenters. The van der Waals surface area contributed by atoms with Crippen molar-refractivity contribution in [1.82, 2.24) is 9.80 Å². The van der Waals surface area contributed by atoms with Crippen molar-refractivity contribution in [2.75, 3.05) is 45.7 Å². The highest BCUT2D eigenvalue weighted by Crippen LogP contribution is 2.18. The van der Waals surface area contributed by atoms with E-state index in [2.05, 4.69) is 16.3 Å². The summed E-state index contributed by atoms with van der Waals surface area (Å²) in [6.45, 7) is 4.46. The number of guanidine groups is 1. The average molecular weight is 262 g/mol. The van der Waals surface area contributed by atoms with Crippen LogP contribution in [0, 0.1) is 5.41 Å². The fraction of sp³-hybridized carbons (Fsp3) is 0.500. The van der Waals surface area contributed by atoms with Crippen LogP contribution >= 0.6 is 0 Å². The van der Waals surface area contributed by atoms with Crippen molar-refractivity contribution < 1.29 is 4.74 Å². The van der Waals surface area contributed by atoms with Crippen molar-refractivity contribution in [2.45, 2.75) is 6.54 Å². The van der Waals surface area contributed by atoms with Gasteiger partial charge in [0, 0.05) is 39.4 Å². The Hall–Kier alpha value is -1.59. The van der Waals surface area contributed by atoms with Crippen LogP contribution in [0.1, 0.15) is 5.56 Å². The Kier molecular flexibility index (Phi) is 4.76. The van der Waals surface area contributed by atoms with Crippen molar-refractivity contribution in [3.8, 4) is 0 Å². The molecule has 1 aliphatic rings. The molecule has 1 aliphatic heterocycles. The van der Waals surface area contributed by atoms with Crippen LogP contribution in [0.2, 0.25) is 0 Å². The summed E-state index contributed by atoms with van der Waals surface area (Å²) in [6.07, 6.45) is 0. The van der Waals surface area contributed by atoms with E-state index < -0.39 is 0 Å². The summed E-state index contributed by atoms with van der Waals surface area (Å²) in [5.41, 5.74) is 2.23. The highest BCUT2D eigenvalue weighted by atomic mass is 16.5. The molecule has 0 unspecified atom stereocenters. The number of hydrogen-bond acceptors (Lipinski definition) is 3. The lowest BCUT2D eigenvalue weighted by molar-refractivity contribution is 0.0343. The number of morpholine rings is 1. The molecule has 0 spiro atoms. The first-order valence-electron chi connectivity index (χ1n) is 6.57. The van der Waals surface area contributed by atoms with Gasteiger partial charge in [-0.2, -0.15) is 0 Å². The number of nitrogens with zero attached hydrogens (tertiary/aromatic N) is 2. The van der Waals surface area contributed by atoms with E-state index in [1.54, 1.807) is 4.90 Å². The van der Waals surface area contributed by atoms with E-state index in [1.807, 2.05) is 32.3 Å². The van der Waals surface area contributed by atoms with Crippen LogP contribution < -0.4 is 5.32 Å². The zero-order valence-corrected chi connectivity index (χ0v) is 11.6. The molecule has 0 aromatic heterocycles. The van der Waals surface area contributed by atoms with Crippen molar-refractivity contribution in [3.63, 3.8) is 0 Å². The fourth-order valence-electron chi connectivity index (χ4n) is 2.02. The number of nitrogens with one attached hydrogen (secondary N) is 2. The first kappa shape index (κ1) is 13.8. The van der Waals surface area contributed by atoms with Crippen LogP contribution in [0.15, 0.2) is 24.3 Å². The minimum atomic E-state index is 0.398.